The lowest BCUT2D eigenvalue weighted by Gasteiger charge is -2.39. The van der Waals surface area contributed by atoms with Gasteiger partial charge in [-0.1, -0.05) is 20.8 Å². The summed E-state index contributed by atoms with van der Waals surface area (Å²) in [4.78, 5) is 15.2. The summed E-state index contributed by atoms with van der Waals surface area (Å²) in [5, 5.41) is 7.21. The van der Waals surface area contributed by atoms with Crippen molar-refractivity contribution in [2.45, 2.75) is 70.8 Å². The topological polar surface area (TPSA) is 63.3 Å². The van der Waals surface area contributed by atoms with Crippen LogP contribution in [0.4, 0.5) is 19.0 Å². The SMILES string of the molecule is CC1(C)C[C@H]2C[C@@](C)(CN2C(=O)c2cc3n(n2)[C@H](C(F)(F)F)C[C@@H](c2ccco2)N3)C1. The van der Waals surface area contributed by atoms with Crippen molar-refractivity contribution in [3.8, 4) is 0 Å². The van der Waals surface area contributed by atoms with Gasteiger partial charge in [0.2, 0.25) is 0 Å². The normalized spacial score (nSPS) is 31.9. The Bertz CT molecular complexity index is 997. The summed E-state index contributed by atoms with van der Waals surface area (Å²) >= 11 is 0. The van der Waals surface area contributed by atoms with Gasteiger partial charge in [0.25, 0.3) is 5.91 Å². The van der Waals surface area contributed by atoms with Crippen LogP contribution in [0.5, 0.6) is 0 Å². The number of rotatable bonds is 2. The number of likely N-dealkylation sites (tertiary alicyclic amines) is 1. The van der Waals surface area contributed by atoms with Crippen LogP contribution in [0.3, 0.4) is 0 Å². The fraction of sp³-hybridized carbons (Fsp3) is 0.636. The first-order valence-corrected chi connectivity index (χ1v) is 10.7. The highest BCUT2D eigenvalue weighted by Crippen LogP contribution is 2.53. The smallest absolute Gasteiger partial charge is 0.410 e. The van der Waals surface area contributed by atoms with Gasteiger partial charge in [-0.25, -0.2) is 4.68 Å². The Balaban J connectivity index is 1.46. The average Bonchev–Trinajstić information content (AvgIpc) is 3.35. The highest BCUT2D eigenvalue weighted by molar-refractivity contribution is 5.93. The lowest BCUT2D eigenvalue weighted by molar-refractivity contribution is -0.174. The number of carbonyl (C=O) groups excluding carboxylic acids is 1. The fourth-order valence-corrected chi connectivity index (χ4v) is 6.20. The Morgan fingerprint density at radius 2 is 2.06 bits per heavy atom. The highest BCUT2D eigenvalue weighted by atomic mass is 19.4. The molecule has 2 aromatic heterocycles. The molecule has 168 valence electrons. The molecule has 4 atom stereocenters. The Morgan fingerprint density at radius 1 is 1.29 bits per heavy atom. The zero-order chi connectivity index (χ0) is 22.2. The van der Waals surface area contributed by atoms with E-state index in [4.69, 9.17) is 4.42 Å². The van der Waals surface area contributed by atoms with Crippen LogP contribution >= 0.6 is 0 Å². The monoisotopic (exact) mass is 436 g/mol. The van der Waals surface area contributed by atoms with Gasteiger partial charge in [-0.05, 0) is 42.2 Å². The molecule has 3 aliphatic rings. The third-order valence-electron chi connectivity index (χ3n) is 6.97. The molecule has 1 aliphatic carbocycles. The van der Waals surface area contributed by atoms with Crippen LogP contribution in [0.15, 0.2) is 28.9 Å². The molecule has 2 bridgehead atoms. The van der Waals surface area contributed by atoms with Crippen LogP contribution in [0.1, 0.15) is 74.8 Å². The van der Waals surface area contributed by atoms with Crippen LogP contribution in [-0.2, 0) is 0 Å². The third-order valence-corrected chi connectivity index (χ3v) is 6.97. The maximum absolute atomic E-state index is 13.8. The summed E-state index contributed by atoms with van der Waals surface area (Å²) in [7, 11) is 0. The number of furan rings is 1. The Labute approximate surface area is 178 Å². The van der Waals surface area contributed by atoms with Gasteiger partial charge in [0.1, 0.15) is 11.6 Å². The van der Waals surface area contributed by atoms with E-state index in [1.165, 1.54) is 12.3 Å². The minimum absolute atomic E-state index is 0.0402. The molecule has 0 spiro atoms. The molecule has 2 fully saturated rings. The Morgan fingerprint density at radius 3 is 2.74 bits per heavy atom. The molecular formula is C22H27F3N4O2. The van der Waals surface area contributed by atoms with E-state index in [1.807, 2.05) is 4.90 Å². The Hall–Kier alpha value is -2.45. The fourth-order valence-electron chi connectivity index (χ4n) is 6.20. The molecule has 1 saturated carbocycles. The van der Waals surface area contributed by atoms with Gasteiger partial charge in [-0.15, -0.1) is 0 Å². The number of nitrogens with zero attached hydrogens (tertiary/aromatic N) is 3. The molecule has 0 aromatic carbocycles. The van der Waals surface area contributed by atoms with Crippen molar-refractivity contribution in [1.82, 2.24) is 14.7 Å². The average molecular weight is 436 g/mol. The third kappa shape index (κ3) is 3.51. The van der Waals surface area contributed by atoms with Crippen molar-refractivity contribution in [3.05, 3.63) is 35.9 Å². The second-order valence-electron chi connectivity index (χ2n) is 10.5. The van der Waals surface area contributed by atoms with E-state index in [0.29, 0.717) is 12.3 Å². The predicted octanol–water partition coefficient (Wildman–Crippen LogP) is 5.18. The van der Waals surface area contributed by atoms with Crippen molar-refractivity contribution < 1.29 is 22.4 Å². The van der Waals surface area contributed by atoms with Crippen LogP contribution in [0.25, 0.3) is 0 Å². The summed E-state index contributed by atoms with van der Waals surface area (Å²) in [6.45, 7) is 7.25. The standard InChI is InChI=1S/C22H27F3N4O2/c1-20(2)9-13-10-21(3,11-20)12-28(13)19(30)15-8-18-26-14(16-5-4-6-31-16)7-17(22(23,24)25)29(18)27-15/h4-6,8,13-14,17,26H,7,9-12H2,1-3H3/t13-,14-,17-,21+/m0/s1. The molecule has 5 rings (SSSR count). The number of carbonyl (C=O) groups is 1. The first kappa shape index (κ1) is 20.5. The van der Waals surface area contributed by atoms with Crippen LogP contribution < -0.4 is 5.32 Å². The molecule has 1 saturated heterocycles. The molecular weight excluding hydrogens is 409 g/mol. The highest BCUT2D eigenvalue weighted by Gasteiger charge is 2.52. The molecule has 1 amide bonds. The van der Waals surface area contributed by atoms with Crippen LogP contribution in [0, 0.1) is 10.8 Å². The molecule has 2 aromatic rings. The number of alkyl halides is 3. The summed E-state index contributed by atoms with van der Waals surface area (Å²) in [5.41, 5.74) is 0.239. The molecule has 2 aliphatic heterocycles. The number of hydrogen-bond acceptors (Lipinski definition) is 4. The van der Waals surface area contributed by atoms with E-state index in [1.54, 1.807) is 12.1 Å². The first-order valence-electron chi connectivity index (χ1n) is 10.7. The van der Waals surface area contributed by atoms with E-state index in [9.17, 15) is 18.0 Å². The van der Waals surface area contributed by atoms with Crippen molar-refractivity contribution in [1.29, 1.82) is 0 Å². The molecule has 0 unspecified atom stereocenters. The van der Waals surface area contributed by atoms with Crippen molar-refractivity contribution >= 4 is 11.7 Å². The van der Waals surface area contributed by atoms with Gasteiger partial charge in [0, 0.05) is 25.1 Å². The first-order chi connectivity index (χ1) is 14.4. The maximum Gasteiger partial charge on any atom is 0.410 e. The molecule has 4 heterocycles. The molecule has 0 radical (unpaired) electrons. The van der Waals surface area contributed by atoms with E-state index < -0.39 is 18.3 Å². The van der Waals surface area contributed by atoms with Crippen LogP contribution in [0.2, 0.25) is 0 Å². The lowest BCUT2D eigenvalue weighted by Crippen LogP contribution is -2.38. The summed E-state index contributed by atoms with van der Waals surface area (Å²) in [6, 6.07) is 2.38. The number of aromatic nitrogens is 2. The molecule has 6 nitrogen and oxygen atoms in total. The number of amides is 1. The number of halogens is 3. The predicted molar refractivity (Wildman–Crippen MR) is 108 cm³/mol. The number of fused-ring (bicyclic) bond motifs is 3. The zero-order valence-corrected chi connectivity index (χ0v) is 17.9. The van der Waals surface area contributed by atoms with Crippen molar-refractivity contribution in [2.75, 3.05) is 11.9 Å². The minimum Gasteiger partial charge on any atom is -0.467 e. The van der Waals surface area contributed by atoms with Gasteiger partial charge >= 0.3 is 6.18 Å². The van der Waals surface area contributed by atoms with E-state index in [0.717, 1.165) is 23.9 Å². The van der Waals surface area contributed by atoms with Crippen LogP contribution in [-0.4, -0.2) is 39.4 Å². The quantitative estimate of drug-likeness (QED) is 0.705. The zero-order valence-electron chi connectivity index (χ0n) is 17.9. The maximum atomic E-state index is 13.8. The number of hydrogen-bond donors (Lipinski definition) is 1. The molecule has 9 heteroatoms. The Kier molecular flexibility index (Phi) is 4.31. The van der Waals surface area contributed by atoms with Gasteiger partial charge in [0.05, 0.1) is 12.3 Å². The van der Waals surface area contributed by atoms with Crippen molar-refractivity contribution in [2.24, 2.45) is 10.8 Å². The second kappa shape index (κ2) is 6.53. The number of nitrogens with one attached hydrogen (secondary N) is 1. The van der Waals surface area contributed by atoms with Gasteiger partial charge in [-0.2, -0.15) is 18.3 Å². The summed E-state index contributed by atoms with van der Waals surface area (Å²) in [5.74, 6) is 0.329. The summed E-state index contributed by atoms with van der Waals surface area (Å²) < 4.78 is 47.8. The molecule has 1 N–H and O–H groups in total. The minimum atomic E-state index is -4.49. The van der Waals surface area contributed by atoms with Crippen molar-refractivity contribution in [3.63, 3.8) is 0 Å². The largest absolute Gasteiger partial charge is 0.467 e. The van der Waals surface area contributed by atoms with Gasteiger partial charge in [0.15, 0.2) is 11.7 Å². The van der Waals surface area contributed by atoms with Gasteiger partial charge < -0.3 is 14.6 Å². The van der Waals surface area contributed by atoms with E-state index >= 15 is 0 Å². The number of anilines is 1. The van der Waals surface area contributed by atoms with E-state index in [2.05, 4.69) is 31.2 Å². The molecule has 31 heavy (non-hydrogen) atoms. The van der Waals surface area contributed by atoms with E-state index in [-0.39, 0.29) is 40.7 Å². The second-order valence-corrected chi connectivity index (χ2v) is 10.5. The van der Waals surface area contributed by atoms with Gasteiger partial charge in [-0.3, -0.25) is 4.79 Å². The lowest BCUT2D eigenvalue weighted by atomic mass is 9.65. The summed E-state index contributed by atoms with van der Waals surface area (Å²) in [6.07, 6.45) is -0.449.